The van der Waals surface area contributed by atoms with Crippen LogP contribution in [0.3, 0.4) is 0 Å². The average Bonchev–Trinajstić information content (AvgIpc) is 2.41. The van der Waals surface area contributed by atoms with Gasteiger partial charge in [0.05, 0.1) is 0 Å². The summed E-state index contributed by atoms with van der Waals surface area (Å²) in [6.45, 7) is 9.55. The van der Waals surface area contributed by atoms with Crippen LogP contribution in [0.5, 0.6) is 5.75 Å². The number of hydrogen-bond acceptors (Lipinski definition) is 2. The molecule has 0 saturated carbocycles. The van der Waals surface area contributed by atoms with E-state index in [0.717, 1.165) is 42.1 Å². The van der Waals surface area contributed by atoms with Crippen LogP contribution >= 0.6 is 11.6 Å². The van der Waals surface area contributed by atoms with Crippen molar-refractivity contribution in [2.75, 3.05) is 6.54 Å². The first-order valence-electron chi connectivity index (χ1n) is 7.27. The topological polar surface area (TPSA) is 21.3 Å². The first-order chi connectivity index (χ1) is 9.05. The van der Waals surface area contributed by atoms with Crippen LogP contribution in [-0.4, -0.2) is 12.1 Å². The van der Waals surface area contributed by atoms with Gasteiger partial charge in [-0.25, -0.2) is 0 Å². The molecule has 0 fully saturated rings. The number of rotatable bonds is 4. The zero-order valence-corrected chi connectivity index (χ0v) is 13.1. The highest BCUT2D eigenvalue weighted by Gasteiger charge is 2.38. The Kier molecular flexibility index (Phi) is 4.42. The lowest BCUT2D eigenvalue weighted by atomic mass is 9.83. The molecule has 19 heavy (non-hydrogen) atoms. The first kappa shape index (κ1) is 14.7. The molecule has 1 heterocycles. The van der Waals surface area contributed by atoms with E-state index >= 15 is 0 Å². The molecule has 2 nitrogen and oxygen atoms in total. The molecule has 0 spiro atoms. The van der Waals surface area contributed by atoms with Crippen LogP contribution in [0, 0.1) is 6.92 Å². The zero-order valence-electron chi connectivity index (χ0n) is 12.3. The fourth-order valence-corrected chi connectivity index (χ4v) is 3.07. The second-order valence-corrected chi connectivity index (χ2v) is 5.85. The molecule has 1 aromatic rings. The van der Waals surface area contributed by atoms with Crippen LogP contribution in [-0.2, 0) is 0 Å². The summed E-state index contributed by atoms with van der Waals surface area (Å²) in [5.74, 6) is 1.00. The number of halogens is 1. The Hall–Kier alpha value is -0.730. The van der Waals surface area contributed by atoms with E-state index in [1.165, 1.54) is 5.56 Å². The number of nitrogens with one attached hydrogen (secondary N) is 1. The van der Waals surface area contributed by atoms with Crippen LogP contribution in [0.1, 0.15) is 57.2 Å². The Morgan fingerprint density at radius 1 is 1.32 bits per heavy atom. The van der Waals surface area contributed by atoms with Crippen LogP contribution < -0.4 is 10.1 Å². The van der Waals surface area contributed by atoms with Gasteiger partial charge < -0.3 is 10.1 Å². The molecule has 3 heteroatoms. The molecule has 0 bridgehead atoms. The molecule has 0 aliphatic carbocycles. The minimum absolute atomic E-state index is 0.0416. The minimum atomic E-state index is -0.0416. The van der Waals surface area contributed by atoms with E-state index in [2.05, 4.69) is 38.2 Å². The molecule has 2 rings (SSSR count). The van der Waals surface area contributed by atoms with Crippen LogP contribution in [0.25, 0.3) is 0 Å². The first-order valence-corrected chi connectivity index (χ1v) is 7.65. The highest BCUT2D eigenvalue weighted by Crippen LogP contribution is 2.44. The standard InChI is InChI=1S/C16H24ClNO/c1-5-16(6-2)10-14(18-7-3)12-9-13(17)11(4)8-15(12)19-16/h8-9,14,18H,5-7,10H2,1-4H3. The maximum absolute atomic E-state index is 6.33. The molecular formula is C16H24ClNO. The summed E-state index contributed by atoms with van der Waals surface area (Å²) in [5.41, 5.74) is 2.24. The molecule has 0 amide bonds. The third-order valence-corrected chi connectivity index (χ3v) is 4.72. The lowest BCUT2D eigenvalue weighted by molar-refractivity contribution is 0.0230. The van der Waals surface area contributed by atoms with Gasteiger partial charge in [-0.1, -0.05) is 32.4 Å². The van der Waals surface area contributed by atoms with E-state index in [0.29, 0.717) is 6.04 Å². The van der Waals surface area contributed by atoms with Gasteiger partial charge in [0.1, 0.15) is 11.4 Å². The highest BCUT2D eigenvalue weighted by atomic mass is 35.5. The van der Waals surface area contributed by atoms with Gasteiger partial charge in [0, 0.05) is 23.0 Å². The number of benzene rings is 1. The summed E-state index contributed by atoms with van der Waals surface area (Å²) in [7, 11) is 0. The molecule has 1 N–H and O–H groups in total. The average molecular weight is 282 g/mol. The number of hydrogen-bond donors (Lipinski definition) is 1. The van der Waals surface area contributed by atoms with Gasteiger partial charge in [-0.3, -0.25) is 0 Å². The van der Waals surface area contributed by atoms with Crippen molar-refractivity contribution in [1.29, 1.82) is 0 Å². The van der Waals surface area contributed by atoms with Gasteiger partial charge in [-0.15, -0.1) is 0 Å². The maximum atomic E-state index is 6.33. The number of ether oxygens (including phenoxy) is 1. The lowest BCUT2D eigenvalue weighted by Gasteiger charge is -2.42. The second kappa shape index (κ2) is 5.72. The Bertz CT molecular complexity index is 454. The largest absolute Gasteiger partial charge is 0.487 e. The fourth-order valence-electron chi connectivity index (χ4n) is 2.90. The molecule has 1 unspecified atom stereocenters. The summed E-state index contributed by atoms with van der Waals surface area (Å²) in [6.07, 6.45) is 3.08. The molecule has 106 valence electrons. The SMILES string of the molecule is CCNC1CC(CC)(CC)Oc2cc(C)c(Cl)cc21. The fraction of sp³-hybridized carbons (Fsp3) is 0.625. The van der Waals surface area contributed by atoms with Gasteiger partial charge in [-0.2, -0.15) is 0 Å². The van der Waals surface area contributed by atoms with Crippen molar-refractivity contribution >= 4 is 11.6 Å². The van der Waals surface area contributed by atoms with Crippen molar-refractivity contribution < 1.29 is 4.74 Å². The Balaban J connectivity index is 2.45. The molecule has 1 aliphatic rings. The second-order valence-electron chi connectivity index (χ2n) is 5.45. The van der Waals surface area contributed by atoms with Gasteiger partial charge in [0.2, 0.25) is 0 Å². The monoisotopic (exact) mass is 281 g/mol. The lowest BCUT2D eigenvalue weighted by Crippen LogP contribution is -2.43. The maximum Gasteiger partial charge on any atom is 0.125 e. The van der Waals surface area contributed by atoms with E-state index in [4.69, 9.17) is 16.3 Å². The van der Waals surface area contributed by atoms with E-state index in [-0.39, 0.29) is 5.60 Å². The molecule has 1 atom stereocenters. The molecule has 1 aliphatic heterocycles. The van der Waals surface area contributed by atoms with Crippen molar-refractivity contribution in [2.45, 2.75) is 58.6 Å². The van der Waals surface area contributed by atoms with Crippen LogP contribution in [0.4, 0.5) is 0 Å². The van der Waals surface area contributed by atoms with Gasteiger partial charge in [0.15, 0.2) is 0 Å². The number of aryl methyl sites for hydroxylation is 1. The van der Waals surface area contributed by atoms with Gasteiger partial charge in [0.25, 0.3) is 0 Å². The van der Waals surface area contributed by atoms with Crippen molar-refractivity contribution in [3.63, 3.8) is 0 Å². The van der Waals surface area contributed by atoms with Crippen LogP contribution in [0.2, 0.25) is 5.02 Å². The van der Waals surface area contributed by atoms with E-state index in [9.17, 15) is 0 Å². The van der Waals surface area contributed by atoms with E-state index in [1.807, 2.05) is 6.92 Å². The van der Waals surface area contributed by atoms with E-state index < -0.39 is 0 Å². The molecular weight excluding hydrogens is 258 g/mol. The molecule has 0 radical (unpaired) electrons. The zero-order chi connectivity index (χ0) is 14.0. The predicted octanol–water partition coefficient (Wildman–Crippen LogP) is 4.64. The highest BCUT2D eigenvalue weighted by molar-refractivity contribution is 6.31. The molecule has 1 aromatic carbocycles. The Morgan fingerprint density at radius 2 is 2.00 bits per heavy atom. The van der Waals surface area contributed by atoms with Crippen molar-refractivity contribution in [3.05, 3.63) is 28.3 Å². The summed E-state index contributed by atoms with van der Waals surface area (Å²) in [5, 5.41) is 4.40. The normalized spacial score (nSPS) is 20.8. The summed E-state index contributed by atoms with van der Waals surface area (Å²) in [4.78, 5) is 0. The van der Waals surface area contributed by atoms with Crippen molar-refractivity contribution in [2.24, 2.45) is 0 Å². The Morgan fingerprint density at radius 3 is 2.58 bits per heavy atom. The summed E-state index contributed by atoms with van der Waals surface area (Å²) in [6, 6.07) is 4.49. The minimum Gasteiger partial charge on any atom is -0.487 e. The third kappa shape index (κ3) is 2.75. The molecule has 0 saturated heterocycles. The predicted molar refractivity (Wildman–Crippen MR) is 81.2 cm³/mol. The van der Waals surface area contributed by atoms with Gasteiger partial charge >= 0.3 is 0 Å². The third-order valence-electron chi connectivity index (χ3n) is 4.31. The summed E-state index contributed by atoms with van der Waals surface area (Å²) < 4.78 is 6.33. The van der Waals surface area contributed by atoms with E-state index in [1.54, 1.807) is 0 Å². The smallest absolute Gasteiger partial charge is 0.125 e. The van der Waals surface area contributed by atoms with Gasteiger partial charge in [-0.05, 0) is 44.0 Å². The molecule has 0 aromatic heterocycles. The van der Waals surface area contributed by atoms with Crippen LogP contribution in [0.15, 0.2) is 12.1 Å². The number of fused-ring (bicyclic) bond motifs is 1. The Labute approximate surface area is 121 Å². The van der Waals surface area contributed by atoms with Crippen molar-refractivity contribution in [1.82, 2.24) is 5.32 Å². The summed E-state index contributed by atoms with van der Waals surface area (Å²) >= 11 is 6.27. The quantitative estimate of drug-likeness (QED) is 0.868. The van der Waals surface area contributed by atoms with Crippen molar-refractivity contribution in [3.8, 4) is 5.75 Å².